The maximum absolute atomic E-state index is 12.4. The predicted molar refractivity (Wildman–Crippen MR) is 111 cm³/mol. The Balaban J connectivity index is 1.36. The molecular weight excluding hydrogens is 388 g/mol. The highest BCUT2D eigenvalue weighted by molar-refractivity contribution is 6.30. The summed E-state index contributed by atoms with van der Waals surface area (Å²) in [6.45, 7) is 2.27. The van der Waals surface area contributed by atoms with Gasteiger partial charge >= 0.3 is 0 Å². The van der Waals surface area contributed by atoms with E-state index in [2.05, 4.69) is 20.5 Å². The van der Waals surface area contributed by atoms with Crippen molar-refractivity contribution in [2.24, 2.45) is 0 Å². The van der Waals surface area contributed by atoms with Crippen LogP contribution >= 0.6 is 11.6 Å². The number of aromatic nitrogens is 5. The summed E-state index contributed by atoms with van der Waals surface area (Å²) in [5.74, 6) is 0.454. The number of aryl methyl sites for hydroxylation is 1. The fourth-order valence-corrected chi connectivity index (χ4v) is 3.05. The second-order valence-electron chi connectivity index (χ2n) is 6.51. The zero-order valence-corrected chi connectivity index (χ0v) is 16.5. The SMILES string of the molecule is Cc1nc(C(=O)NCCc2cnn(-c3ccccc3)c2)nn1-c1ccc(Cl)cc1. The Morgan fingerprint density at radius 2 is 1.83 bits per heavy atom. The van der Waals surface area contributed by atoms with Crippen LogP contribution in [0.15, 0.2) is 67.0 Å². The average molecular weight is 407 g/mol. The highest BCUT2D eigenvalue weighted by atomic mass is 35.5. The summed E-state index contributed by atoms with van der Waals surface area (Å²) in [6.07, 6.45) is 4.42. The Labute approximate surface area is 173 Å². The molecule has 8 heteroatoms. The zero-order valence-electron chi connectivity index (χ0n) is 15.8. The van der Waals surface area contributed by atoms with Gasteiger partial charge in [-0.25, -0.2) is 14.3 Å². The van der Waals surface area contributed by atoms with Crippen LogP contribution in [0.5, 0.6) is 0 Å². The third kappa shape index (κ3) is 4.35. The Hall–Kier alpha value is -3.45. The molecule has 0 saturated heterocycles. The Bertz CT molecular complexity index is 1120. The lowest BCUT2D eigenvalue weighted by Crippen LogP contribution is -2.26. The van der Waals surface area contributed by atoms with Crippen LogP contribution in [0, 0.1) is 6.92 Å². The van der Waals surface area contributed by atoms with Gasteiger partial charge in [-0.3, -0.25) is 4.79 Å². The average Bonchev–Trinajstić information content (AvgIpc) is 3.36. The highest BCUT2D eigenvalue weighted by Crippen LogP contribution is 2.14. The van der Waals surface area contributed by atoms with E-state index in [1.807, 2.05) is 53.3 Å². The molecule has 29 heavy (non-hydrogen) atoms. The second-order valence-corrected chi connectivity index (χ2v) is 6.94. The number of hydrogen-bond acceptors (Lipinski definition) is 4. The normalized spacial score (nSPS) is 10.8. The number of hydrogen-bond donors (Lipinski definition) is 1. The number of amides is 1. The summed E-state index contributed by atoms with van der Waals surface area (Å²) < 4.78 is 3.44. The minimum atomic E-state index is -0.309. The lowest BCUT2D eigenvalue weighted by molar-refractivity contribution is 0.0944. The summed E-state index contributed by atoms with van der Waals surface area (Å²) >= 11 is 5.92. The van der Waals surface area contributed by atoms with Crippen LogP contribution in [0.4, 0.5) is 0 Å². The molecule has 2 aromatic heterocycles. The van der Waals surface area contributed by atoms with E-state index in [0.717, 1.165) is 16.9 Å². The van der Waals surface area contributed by atoms with E-state index in [-0.39, 0.29) is 11.7 Å². The molecule has 7 nitrogen and oxygen atoms in total. The Morgan fingerprint density at radius 1 is 1.07 bits per heavy atom. The lowest BCUT2D eigenvalue weighted by atomic mass is 10.2. The van der Waals surface area contributed by atoms with Gasteiger partial charge in [0.05, 0.1) is 17.6 Å². The van der Waals surface area contributed by atoms with Crippen molar-refractivity contribution in [3.8, 4) is 11.4 Å². The van der Waals surface area contributed by atoms with Gasteiger partial charge in [-0.15, -0.1) is 5.10 Å². The summed E-state index contributed by atoms with van der Waals surface area (Å²) in [4.78, 5) is 16.7. The number of nitrogens with one attached hydrogen (secondary N) is 1. The number of halogens is 1. The van der Waals surface area contributed by atoms with Gasteiger partial charge in [0.1, 0.15) is 5.82 Å². The summed E-state index contributed by atoms with van der Waals surface area (Å²) in [5.41, 5.74) is 2.83. The molecule has 0 radical (unpaired) electrons. The number of para-hydroxylation sites is 1. The van der Waals surface area contributed by atoms with Crippen LogP contribution in [0.2, 0.25) is 5.02 Å². The fraction of sp³-hybridized carbons (Fsp3) is 0.143. The third-order valence-electron chi connectivity index (χ3n) is 4.40. The van der Waals surface area contributed by atoms with Gasteiger partial charge in [0.25, 0.3) is 5.91 Å². The molecule has 4 aromatic rings. The van der Waals surface area contributed by atoms with Gasteiger partial charge in [-0.1, -0.05) is 29.8 Å². The topological polar surface area (TPSA) is 77.6 Å². The van der Waals surface area contributed by atoms with Gasteiger partial charge in [-0.05, 0) is 55.3 Å². The van der Waals surface area contributed by atoms with Crippen molar-refractivity contribution in [2.45, 2.75) is 13.3 Å². The van der Waals surface area contributed by atoms with E-state index >= 15 is 0 Å². The lowest BCUT2D eigenvalue weighted by Gasteiger charge is -2.02. The van der Waals surface area contributed by atoms with Crippen molar-refractivity contribution in [1.29, 1.82) is 0 Å². The maximum Gasteiger partial charge on any atom is 0.290 e. The van der Waals surface area contributed by atoms with Gasteiger partial charge in [0.15, 0.2) is 0 Å². The molecule has 2 aromatic carbocycles. The van der Waals surface area contributed by atoms with Gasteiger partial charge in [0.2, 0.25) is 5.82 Å². The molecule has 0 aliphatic carbocycles. The minimum Gasteiger partial charge on any atom is -0.349 e. The van der Waals surface area contributed by atoms with Crippen LogP contribution in [-0.4, -0.2) is 37.0 Å². The summed E-state index contributed by atoms with van der Waals surface area (Å²) in [7, 11) is 0. The third-order valence-corrected chi connectivity index (χ3v) is 4.65. The molecule has 0 saturated carbocycles. The van der Waals surface area contributed by atoms with Gasteiger partial charge in [-0.2, -0.15) is 5.10 Å². The summed E-state index contributed by atoms with van der Waals surface area (Å²) in [5, 5.41) is 12.2. The molecule has 0 atom stereocenters. The zero-order chi connectivity index (χ0) is 20.2. The molecule has 0 aliphatic heterocycles. The molecule has 0 bridgehead atoms. The highest BCUT2D eigenvalue weighted by Gasteiger charge is 2.15. The smallest absolute Gasteiger partial charge is 0.290 e. The monoisotopic (exact) mass is 406 g/mol. The molecule has 0 unspecified atom stereocenters. The van der Waals surface area contributed by atoms with Gasteiger partial charge < -0.3 is 5.32 Å². The number of carbonyl (C=O) groups is 1. The molecule has 4 rings (SSSR count). The van der Waals surface area contributed by atoms with E-state index in [4.69, 9.17) is 11.6 Å². The molecular formula is C21H19ClN6O. The maximum atomic E-state index is 12.4. The van der Waals surface area contributed by atoms with Crippen LogP contribution in [0.1, 0.15) is 22.0 Å². The van der Waals surface area contributed by atoms with E-state index in [0.29, 0.717) is 23.8 Å². The Kier molecular flexibility index (Phi) is 5.39. The molecule has 2 heterocycles. The fourth-order valence-electron chi connectivity index (χ4n) is 2.92. The first-order valence-electron chi connectivity index (χ1n) is 9.17. The Morgan fingerprint density at radius 3 is 2.59 bits per heavy atom. The van der Waals surface area contributed by atoms with Crippen molar-refractivity contribution in [3.63, 3.8) is 0 Å². The quantitative estimate of drug-likeness (QED) is 0.532. The van der Waals surface area contributed by atoms with Crippen molar-refractivity contribution >= 4 is 17.5 Å². The minimum absolute atomic E-state index is 0.137. The molecule has 146 valence electrons. The molecule has 0 aliphatic rings. The number of rotatable bonds is 6. The van der Waals surface area contributed by atoms with Crippen molar-refractivity contribution < 1.29 is 4.79 Å². The second kappa shape index (κ2) is 8.28. The first-order chi connectivity index (χ1) is 14.1. The molecule has 0 spiro atoms. The predicted octanol–water partition coefficient (Wildman–Crippen LogP) is 3.39. The van der Waals surface area contributed by atoms with Crippen molar-refractivity contribution in [2.75, 3.05) is 6.54 Å². The van der Waals surface area contributed by atoms with E-state index in [1.165, 1.54) is 0 Å². The first-order valence-corrected chi connectivity index (χ1v) is 9.55. The van der Waals surface area contributed by atoms with Crippen LogP contribution in [-0.2, 0) is 6.42 Å². The van der Waals surface area contributed by atoms with Crippen molar-refractivity contribution in [1.82, 2.24) is 29.9 Å². The van der Waals surface area contributed by atoms with Crippen LogP contribution < -0.4 is 5.32 Å². The largest absolute Gasteiger partial charge is 0.349 e. The van der Waals surface area contributed by atoms with E-state index in [1.54, 1.807) is 29.9 Å². The van der Waals surface area contributed by atoms with Gasteiger partial charge in [0, 0.05) is 17.8 Å². The first kappa shape index (κ1) is 18.9. The molecule has 0 fully saturated rings. The molecule has 1 N–H and O–H groups in total. The summed E-state index contributed by atoms with van der Waals surface area (Å²) in [6, 6.07) is 17.1. The van der Waals surface area contributed by atoms with E-state index < -0.39 is 0 Å². The number of nitrogens with zero attached hydrogens (tertiary/aromatic N) is 5. The standard InChI is InChI=1S/C21H19ClN6O/c1-15-25-20(26-28(15)19-9-7-17(22)8-10-19)21(29)23-12-11-16-13-24-27(14-16)18-5-3-2-4-6-18/h2-10,13-14H,11-12H2,1H3,(H,23,29). The van der Waals surface area contributed by atoms with Crippen LogP contribution in [0.25, 0.3) is 11.4 Å². The van der Waals surface area contributed by atoms with Crippen LogP contribution in [0.3, 0.4) is 0 Å². The molecule has 1 amide bonds. The van der Waals surface area contributed by atoms with Crippen molar-refractivity contribution in [3.05, 3.63) is 89.2 Å². The number of carbonyl (C=O) groups excluding carboxylic acids is 1. The van der Waals surface area contributed by atoms with E-state index in [9.17, 15) is 4.79 Å². The number of benzene rings is 2.